The first-order chi connectivity index (χ1) is 14.3. The predicted octanol–water partition coefficient (Wildman–Crippen LogP) is -3.76. The van der Waals surface area contributed by atoms with Crippen molar-refractivity contribution in [3.8, 4) is 0 Å². The molecule has 31 heavy (non-hydrogen) atoms. The first kappa shape index (κ1) is 27.7. The Bertz CT molecular complexity index is 697. The highest BCUT2D eigenvalue weighted by Gasteiger charge is 2.31. The maximum Gasteiger partial charge on any atom is 0.326 e. The summed E-state index contributed by atoms with van der Waals surface area (Å²) < 4.78 is 0. The number of carboxylic acid groups (broad SMARTS) is 2. The number of aliphatic hydroxyl groups is 1. The minimum Gasteiger partial charge on any atom is -0.481 e. The lowest BCUT2D eigenvalue weighted by molar-refractivity contribution is -0.144. The third kappa shape index (κ3) is 10.9. The Morgan fingerprint density at radius 3 is 1.71 bits per heavy atom. The highest BCUT2D eigenvalue weighted by molar-refractivity contribution is 5.96. The fourth-order valence-electron chi connectivity index (χ4n) is 2.42. The molecule has 4 atom stereocenters. The van der Waals surface area contributed by atoms with Gasteiger partial charge in [0.15, 0.2) is 0 Å². The van der Waals surface area contributed by atoms with Gasteiger partial charge in [-0.05, 0) is 12.3 Å². The standard InChI is InChI=1S/C17H29N5O9/c1-7(2)3-8(18)14(27)20-9(5-13(25)26)15(28)22-11(6-23)16(29)21-10(17(30)31)4-12(19)24/h7-11,23H,3-6,18H2,1-2H3,(H2,19,24)(H,20,27)(H,21,29)(H,22,28)(H,25,26)(H,30,31). The van der Waals surface area contributed by atoms with Crippen LogP contribution in [0.1, 0.15) is 33.1 Å². The van der Waals surface area contributed by atoms with Crippen LogP contribution in [0, 0.1) is 5.92 Å². The van der Waals surface area contributed by atoms with Gasteiger partial charge in [-0.2, -0.15) is 0 Å². The number of hydrogen-bond acceptors (Lipinski definition) is 8. The van der Waals surface area contributed by atoms with E-state index in [0.29, 0.717) is 0 Å². The molecule has 0 radical (unpaired) electrons. The molecule has 0 spiro atoms. The molecule has 0 saturated heterocycles. The Labute approximate surface area is 177 Å². The summed E-state index contributed by atoms with van der Waals surface area (Å²) in [6.45, 7) is 2.63. The fourth-order valence-corrected chi connectivity index (χ4v) is 2.42. The first-order valence-electron chi connectivity index (χ1n) is 9.28. The summed E-state index contributed by atoms with van der Waals surface area (Å²) in [7, 11) is 0. The number of hydrogen-bond donors (Lipinski definition) is 8. The van der Waals surface area contributed by atoms with Crippen LogP contribution < -0.4 is 27.4 Å². The molecular weight excluding hydrogens is 418 g/mol. The van der Waals surface area contributed by atoms with Crippen LogP contribution in [-0.4, -0.2) is 81.7 Å². The topological polar surface area (TPSA) is 251 Å². The van der Waals surface area contributed by atoms with Gasteiger partial charge in [-0.25, -0.2) is 4.79 Å². The number of nitrogens with one attached hydrogen (secondary N) is 3. The van der Waals surface area contributed by atoms with Crippen molar-refractivity contribution in [3.05, 3.63) is 0 Å². The third-order valence-electron chi connectivity index (χ3n) is 3.91. The zero-order valence-corrected chi connectivity index (χ0v) is 17.2. The Morgan fingerprint density at radius 1 is 0.806 bits per heavy atom. The number of carbonyl (C=O) groups excluding carboxylic acids is 4. The van der Waals surface area contributed by atoms with E-state index in [2.05, 4.69) is 5.32 Å². The Hall–Kier alpha value is -3.26. The summed E-state index contributed by atoms with van der Waals surface area (Å²) in [5.74, 6) is -7.05. The van der Waals surface area contributed by atoms with Gasteiger partial charge in [0.1, 0.15) is 18.1 Å². The molecule has 0 heterocycles. The molecule has 14 heteroatoms. The number of aliphatic hydroxyl groups excluding tert-OH is 1. The van der Waals surface area contributed by atoms with Crippen LogP contribution in [0.2, 0.25) is 0 Å². The van der Waals surface area contributed by atoms with Crippen LogP contribution in [-0.2, 0) is 28.8 Å². The Morgan fingerprint density at radius 2 is 1.29 bits per heavy atom. The average Bonchev–Trinajstić information content (AvgIpc) is 2.63. The van der Waals surface area contributed by atoms with Crippen molar-refractivity contribution >= 4 is 35.6 Å². The quantitative estimate of drug-likeness (QED) is 0.129. The van der Waals surface area contributed by atoms with Crippen LogP contribution in [0.25, 0.3) is 0 Å². The molecular formula is C17H29N5O9. The molecule has 0 fully saturated rings. The molecule has 4 unspecified atom stereocenters. The maximum atomic E-state index is 12.4. The van der Waals surface area contributed by atoms with E-state index in [1.165, 1.54) is 0 Å². The molecule has 0 aliphatic rings. The van der Waals surface area contributed by atoms with Crippen LogP contribution in [0.5, 0.6) is 0 Å². The van der Waals surface area contributed by atoms with Gasteiger partial charge in [0.2, 0.25) is 23.6 Å². The number of nitrogens with two attached hydrogens (primary N) is 2. The molecule has 0 aromatic heterocycles. The van der Waals surface area contributed by atoms with Gasteiger partial charge in [-0.3, -0.25) is 24.0 Å². The van der Waals surface area contributed by atoms with E-state index in [0.717, 1.165) is 0 Å². The SMILES string of the molecule is CC(C)CC(N)C(=O)NC(CC(=O)O)C(=O)NC(CO)C(=O)NC(CC(N)=O)C(=O)O. The lowest BCUT2D eigenvalue weighted by Crippen LogP contribution is -2.58. The number of aliphatic carboxylic acids is 2. The maximum absolute atomic E-state index is 12.4. The molecule has 0 saturated carbocycles. The fraction of sp³-hybridized carbons (Fsp3) is 0.647. The van der Waals surface area contributed by atoms with Gasteiger partial charge in [0.05, 0.1) is 25.5 Å². The largest absolute Gasteiger partial charge is 0.481 e. The molecule has 0 rings (SSSR count). The Balaban J connectivity index is 5.27. The minimum absolute atomic E-state index is 0.0533. The predicted molar refractivity (Wildman–Crippen MR) is 104 cm³/mol. The van der Waals surface area contributed by atoms with Crippen LogP contribution in [0.4, 0.5) is 0 Å². The summed E-state index contributed by atoms with van der Waals surface area (Å²) in [6.07, 6.45) is -1.31. The van der Waals surface area contributed by atoms with Crippen LogP contribution in [0.3, 0.4) is 0 Å². The third-order valence-corrected chi connectivity index (χ3v) is 3.91. The molecule has 0 aliphatic heterocycles. The zero-order valence-electron chi connectivity index (χ0n) is 17.2. The number of amides is 4. The van der Waals surface area contributed by atoms with Crippen molar-refractivity contribution < 1.29 is 44.1 Å². The van der Waals surface area contributed by atoms with E-state index in [1.807, 2.05) is 24.5 Å². The monoisotopic (exact) mass is 447 g/mol. The van der Waals surface area contributed by atoms with Crippen molar-refractivity contribution in [1.29, 1.82) is 0 Å². The van der Waals surface area contributed by atoms with Crippen molar-refractivity contribution in [2.45, 2.75) is 57.3 Å². The van der Waals surface area contributed by atoms with Crippen LogP contribution in [0.15, 0.2) is 0 Å². The van der Waals surface area contributed by atoms with Crippen LogP contribution >= 0.6 is 0 Å². The Kier molecular flexibility index (Phi) is 11.7. The van der Waals surface area contributed by atoms with Crippen molar-refractivity contribution in [2.75, 3.05) is 6.61 Å². The van der Waals surface area contributed by atoms with E-state index in [1.54, 1.807) is 0 Å². The van der Waals surface area contributed by atoms with Gasteiger partial charge in [0.25, 0.3) is 0 Å². The van der Waals surface area contributed by atoms with Gasteiger partial charge in [-0.15, -0.1) is 0 Å². The molecule has 176 valence electrons. The first-order valence-corrected chi connectivity index (χ1v) is 9.28. The molecule has 4 amide bonds. The normalized spacial score (nSPS) is 14.6. The summed E-state index contributed by atoms with van der Waals surface area (Å²) in [6, 6.07) is -6.03. The minimum atomic E-state index is -1.71. The molecule has 0 aromatic rings. The number of carboxylic acids is 2. The lowest BCUT2D eigenvalue weighted by Gasteiger charge is -2.23. The second kappa shape index (κ2) is 13.1. The van der Waals surface area contributed by atoms with Crippen molar-refractivity contribution in [3.63, 3.8) is 0 Å². The number of primary amides is 1. The lowest BCUT2D eigenvalue weighted by atomic mass is 10.0. The second-order valence-electron chi connectivity index (χ2n) is 7.21. The van der Waals surface area contributed by atoms with E-state index in [9.17, 15) is 33.9 Å². The van der Waals surface area contributed by atoms with Gasteiger partial charge in [0, 0.05) is 0 Å². The van der Waals surface area contributed by atoms with Gasteiger partial charge >= 0.3 is 11.9 Å². The average molecular weight is 447 g/mol. The van der Waals surface area contributed by atoms with Gasteiger partial charge in [-0.1, -0.05) is 13.8 Å². The van der Waals surface area contributed by atoms with Crippen molar-refractivity contribution in [1.82, 2.24) is 16.0 Å². The van der Waals surface area contributed by atoms with E-state index >= 15 is 0 Å². The number of carbonyl (C=O) groups is 6. The van der Waals surface area contributed by atoms with Crippen molar-refractivity contribution in [2.24, 2.45) is 17.4 Å². The summed E-state index contributed by atoms with van der Waals surface area (Å²) in [4.78, 5) is 69.8. The molecule has 14 nitrogen and oxygen atoms in total. The summed E-state index contributed by atoms with van der Waals surface area (Å²) in [5.41, 5.74) is 10.6. The summed E-state index contributed by atoms with van der Waals surface area (Å²) >= 11 is 0. The number of rotatable bonds is 14. The summed E-state index contributed by atoms with van der Waals surface area (Å²) in [5, 5.41) is 33.5. The smallest absolute Gasteiger partial charge is 0.326 e. The van der Waals surface area contributed by atoms with E-state index < -0.39 is 79.2 Å². The molecule has 10 N–H and O–H groups in total. The van der Waals surface area contributed by atoms with E-state index in [-0.39, 0.29) is 12.3 Å². The zero-order chi connectivity index (χ0) is 24.3. The molecule has 0 aromatic carbocycles. The second-order valence-corrected chi connectivity index (χ2v) is 7.21. The van der Waals surface area contributed by atoms with E-state index in [4.69, 9.17) is 21.7 Å². The highest BCUT2D eigenvalue weighted by atomic mass is 16.4. The molecule has 0 bridgehead atoms. The highest BCUT2D eigenvalue weighted by Crippen LogP contribution is 2.04. The molecule has 0 aliphatic carbocycles. The van der Waals surface area contributed by atoms with Gasteiger partial charge < -0.3 is 42.7 Å².